The van der Waals surface area contributed by atoms with Crippen LogP contribution in [-0.2, 0) is 6.42 Å². The van der Waals surface area contributed by atoms with Gasteiger partial charge in [0.2, 0.25) is 0 Å². The van der Waals surface area contributed by atoms with Crippen LogP contribution in [0.15, 0.2) is 30.3 Å². The lowest BCUT2D eigenvalue weighted by Crippen LogP contribution is -2.38. The van der Waals surface area contributed by atoms with Gasteiger partial charge in [-0.25, -0.2) is 0 Å². The lowest BCUT2D eigenvalue weighted by Gasteiger charge is -2.18. The molecular weight excluding hydrogens is 186 g/mol. The minimum Gasteiger partial charge on any atom is -0.309 e. The Kier molecular flexibility index (Phi) is 5.32. The Hall–Kier alpha value is -0.900. The number of rotatable bonds is 6. The minimum absolute atomic E-state index is 0.356. The van der Waals surface area contributed by atoms with Crippen LogP contribution in [0.3, 0.4) is 0 Å². The summed E-state index contributed by atoms with van der Waals surface area (Å²) in [6, 6.07) is 10.8. The highest BCUT2D eigenvalue weighted by Gasteiger charge is 2.07. The summed E-state index contributed by atoms with van der Waals surface area (Å²) in [5, 5.41) is 0. The highest BCUT2D eigenvalue weighted by Crippen LogP contribution is 2.05. The Morgan fingerprint density at radius 3 is 2.47 bits per heavy atom. The fourth-order valence-electron chi connectivity index (χ4n) is 1.56. The van der Waals surface area contributed by atoms with E-state index in [-0.39, 0.29) is 0 Å². The number of nitrogens with one attached hydrogen (secondary N) is 1. The van der Waals surface area contributed by atoms with Crippen LogP contribution in [0.25, 0.3) is 0 Å². The van der Waals surface area contributed by atoms with Gasteiger partial charge in [-0.3, -0.25) is 11.3 Å². The van der Waals surface area contributed by atoms with E-state index in [2.05, 4.69) is 48.7 Å². The molecule has 0 heterocycles. The predicted octanol–water partition coefficient (Wildman–Crippen LogP) is 1.01. The summed E-state index contributed by atoms with van der Waals surface area (Å²) in [5.41, 5.74) is 4.21. The minimum atomic E-state index is 0.356. The maximum absolute atomic E-state index is 5.54. The first-order valence-electron chi connectivity index (χ1n) is 5.37. The quantitative estimate of drug-likeness (QED) is 0.540. The van der Waals surface area contributed by atoms with Crippen LogP contribution in [0.2, 0.25) is 0 Å². The second kappa shape index (κ2) is 6.56. The number of hydrogen-bond acceptors (Lipinski definition) is 3. The van der Waals surface area contributed by atoms with Crippen molar-refractivity contribution in [3.05, 3.63) is 35.9 Å². The van der Waals surface area contributed by atoms with Gasteiger partial charge in [0.25, 0.3) is 0 Å². The molecule has 3 N–H and O–H groups in total. The summed E-state index contributed by atoms with van der Waals surface area (Å²) in [5.74, 6) is 5.54. The Morgan fingerprint density at radius 1 is 1.27 bits per heavy atom. The normalized spacial score (nSPS) is 13.1. The molecule has 0 spiro atoms. The number of nitrogens with zero attached hydrogens (tertiary/aromatic N) is 1. The lowest BCUT2D eigenvalue weighted by molar-refractivity contribution is 0.358. The summed E-state index contributed by atoms with van der Waals surface area (Å²) < 4.78 is 0. The third-order valence-corrected chi connectivity index (χ3v) is 2.49. The van der Waals surface area contributed by atoms with Crippen molar-refractivity contribution in [3.63, 3.8) is 0 Å². The molecular formula is C12H21N3. The van der Waals surface area contributed by atoms with Crippen LogP contribution in [0.5, 0.6) is 0 Å². The molecule has 84 valence electrons. The molecule has 0 saturated heterocycles. The molecule has 0 aliphatic heterocycles. The molecule has 1 rings (SSSR count). The molecule has 0 aliphatic carbocycles. The van der Waals surface area contributed by atoms with Gasteiger partial charge in [-0.05, 0) is 39.0 Å². The van der Waals surface area contributed by atoms with Crippen molar-refractivity contribution in [3.8, 4) is 0 Å². The van der Waals surface area contributed by atoms with E-state index in [1.54, 1.807) is 0 Å². The van der Waals surface area contributed by atoms with Crippen LogP contribution in [-0.4, -0.2) is 31.6 Å². The summed E-state index contributed by atoms with van der Waals surface area (Å²) >= 11 is 0. The summed E-state index contributed by atoms with van der Waals surface area (Å²) in [6.07, 6.45) is 2.06. The van der Waals surface area contributed by atoms with Crippen molar-refractivity contribution in [2.24, 2.45) is 5.84 Å². The Balaban J connectivity index is 2.40. The predicted molar refractivity (Wildman–Crippen MR) is 64.4 cm³/mol. The number of nitrogens with two attached hydrogens (primary N) is 1. The van der Waals surface area contributed by atoms with E-state index in [0.717, 1.165) is 19.4 Å². The molecule has 0 fully saturated rings. The van der Waals surface area contributed by atoms with E-state index in [1.807, 2.05) is 6.07 Å². The van der Waals surface area contributed by atoms with Crippen LogP contribution in [0.1, 0.15) is 12.0 Å². The van der Waals surface area contributed by atoms with Gasteiger partial charge in [0.05, 0.1) is 0 Å². The van der Waals surface area contributed by atoms with E-state index < -0.39 is 0 Å². The zero-order valence-electron chi connectivity index (χ0n) is 9.61. The van der Waals surface area contributed by atoms with Gasteiger partial charge in [-0.15, -0.1) is 0 Å². The fraction of sp³-hybridized carbons (Fsp3) is 0.500. The van der Waals surface area contributed by atoms with Crippen molar-refractivity contribution in [1.82, 2.24) is 10.3 Å². The maximum Gasteiger partial charge on any atom is 0.0263 e. The molecule has 0 saturated carbocycles. The van der Waals surface area contributed by atoms with Crippen molar-refractivity contribution >= 4 is 0 Å². The van der Waals surface area contributed by atoms with Crippen molar-refractivity contribution in [2.75, 3.05) is 20.6 Å². The van der Waals surface area contributed by atoms with Gasteiger partial charge in [0, 0.05) is 6.04 Å². The molecule has 0 radical (unpaired) electrons. The fourth-order valence-corrected chi connectivity index (χ4v) is 1.56. The number of hydrogen-bond donors (Lipinski definition) is 2. The average molecular weight is 207 g/mol. The molecule has 0 aromatic heterocycles. The largest absolute Gasteiger partial charge is 0.309 e. The summed E-state index contributed by atoms with van der Waals surface area (Å²) in [6.45, 7) is 1.06. The first kappa shape index (κ1) is 12.2. The molecule has 0 aliphatic rings. The van der Waals surface area contributed by atoms with E-state index in [4.69, 9.17) is 5.84 Å². The van der Waals surface area contributed by atoms with E-state index in [9.17, 15) is 0 Å². The maximum atomic E-state index is 5.54. The topological polar surface area (TPSA) is 41.3 Å². The van der Waals surface area contributed by atoms with Gasteiger partial charge in [-0.2, -0.15) is 0 Å². The highest BCUT2D eigenvalue weighted by atomic mass is 15.2. The summed E-state index contributed by atoms with van der Waals surface area (Å²) in [4.78, 5) is 2.18. The molecule has 1 atom stereocenters. The van der Waals surface area contributed by atoms with Crippen LogP contribution in [0, 0.1) is 0 Å². The molecule has 3 heteroatoms. The molecule has 1 aromatic carbocycles. The van der Waals surface area contributed by atoms with Crippen molar-refractivity contribution < 1.29 is 0 Å². The number of benzene rings is 1. The first-order chi connectivity index (χ1) is 7.22. The second-order valence-electron chi connectivity index (χ2n) is 4.15. The van der Waals surface area contributed by atoms with Crippen molar-refractivity contribution in [2.45, 2.75) is 18.9 Å². The van der Waals surface area contributed by atoms with E-state index >= 15 is 0 Å². The third kappa shape index (κ3) is 4.93. The van der Waals surface area contributed by atoms with Crippen LogP contribution >= 0.6 is 0 Å². The van der Waals surface area contributed by atoms with Crippen LogP contribution < -0.4 is 11.3 Å². The SMILES string of the molecule is CN(C)CCC(Cc1ccccc1)NN. The van der Waals surface area contributed by atoms with Crippen molar-refractivity contribution in [1.29, 1.82) is 0 Å². The standard InChI is InChI=1S/C12H21N3/c1-15(2)9-8-12(14-13)10-11-6-4-3-5-7-11/h3-7,12,14H,8-10,13H2,1-2H3. The second-order valence-corrected chi connectivity index (χ2v) is 4.15. The van der Waals surface area contributed by atoms with Gasteiger partial charge in [0.1, 0.15) is 0 Å². The summed E-state index contributed by atoms with van der Waals surface area (Å²) in [7, 11) is 4.16. The third-order valence-electron chi connectivity index (χ3n) is 2.49. The molecule has 3 nitrogen and oxygen atoms in total. The van der Waals surface area contributed by atoms with Crippen LogP contribution in [0.4, 0.5) is 0 Å². The van der Waals surface area contributed by atoms with Gasteiger partial charge in [-0.1, -0.05) is 30.3 Å². The average Bonchev–Trinajstić information content (AvgIpc) is 2.25. The van der Waals surface area contributed by atoms with Gasteiger partial charge in [0.15, 0.2) is 0 Å². The Labute approximate surface area is 92.2 Å². The molecule has 0 bridgehead atoms. The zero-order valence-corrected chi connectivity index (χ0v) is 9.61. The number of hydrazine groups is 1. The molecule has 0 amide bonds. The monoisotopic (exact) mass is 207 g/mol. The van der Waals surface area contributed by atoms with Gasteiger partial charge < -0.3 is 4.90 Å². The lowest BCUT2D eigenvalue weighted by atomic mass is 10.0. The first-order valence-corrected chi connectivity index (χ1v) is 5.37. The Bertz CT molecular complexity index is 259. The molecule has 15 heavy (non-hydrogen) atoms. The highest BCUT2D eigenvalue weighted by molar-refractivity contribution is 5.15. The Morgan fingerprint density at radius 2 is 1.93 bits per heavy atom. The smallest absolute Gasteiger partial charge is 0.0263 e. The van der Waals surface area contributed by atoms with E-state index in [0.29, 0.717) is 6.04 Å². The molecule has 1 aromatic rings. The molecule has 1 unspecified atom stereocenters. The van der Waals surface area contributed by atoms with E-state index in [1.165, 1.54) is 5.56 Å². The zero-order chi connectivity index (χ0) is 11.1. The van der Waals surface area contributed by atoms with Gasteiger partial charge >= 0.3 is 0 Å².